The summed E-state index contributed by atoms with van der Waals surface area (Å²) < 4.78 is 18.7. The maximum Gasteiger partial charge on any atom is 0.265 e. The molecule has 0 bridgehead atoms. The molecule has 1 aliphatic heterocycles. The maximum absolute atomic E-state index is 13.2. The van der Waals surface area contributed by atoms with Gasteiger partial charge in [0.15, 0.2) is 6.61 Å². The van der Waals surface area contributed by atoms with Crippen molar-refractivity contribution in [1.82, 2.24) is 15.3 Å². The number of nitrogens with zero attached hydrogens (tertiary/aromatic N) is 2. The van der Waals surface area contributed by atoms with Gasteiger partial charge in [-0.15, -0.1) is 0 Å². The highest BCUT2D eigenvalue weighted by atomic mass is 19.1. The zero-order chi connectivity index (χ0) is 20.2. The SMILES string of the molecule is O=C(NCCc1cnc[nH]1)c1ccc2c(c1)N(Cc1ccc(F)cc1)C(=O)CO2. The summed E-state index contributed by atoms with van der Waals surface area (Å²) in [6.45, 7) is 0.636. The molecule has 3 aromatic rings. The van der Waals surface area contributed by atoms with E-state index in [1.165, 1.54) is 12.1 Å². The van der Waals surface area contributed by atoms with Crippen LogP contribution in [0.15, 0.2) is 55.0 Å². The van der Waals surface area contributed by atoms with E-state index in [1.807, 2.05) is 0 Å². The van der Waals surface area contributed by atoms with Gasteiger partial charge in [0, 0.05) is 30.4 Å². The van der Waals surface area contributed by atoms with E-state index in [2.05, 4.69) is 15.3 Å². The summed E-state index contributed by atoms with van der Waals surface area (Å²) in [6, 6.07) is 10.9. The number of ether oxygens (including phenoxy) is 1. The van der Waals surface area contributed by atoms with Crippen molar-refractivity contribution in [2.45, 2.75) is 13.0 Å². The summed E-state index contributed by atoms with van der Waals surface area (Å²) in [7, 11) is 0. The number of benzene rings is 2. The van der Waals surface area contributed by atoms with E-state index in [4.69, 9.17) is 4.74 Å². The summed E-state index contributed by atoms with van der Waals surface area (Å²) in [5.74, 6) is -0.275. The first-order chi connectivity index (χ1) is 14.1. The molecule has 0 saturated carbocycles. The smallest absolute Gasteiger partial charge is 0.265 e. The van der Waals surface area contributed by atoms with Gasteiger partial charge in [0.2, 0.25) is 0 Å². The first-order valence-corrected chi connectivity index (χ1v) is 9.17. The Labute approximate surface area is 166 Å². The Hall–Kier alpha value is -3.68. The van der Waals surface area contributed by atoms with E-state index in [9.17, 15) is 14.0 Å². The number of hydrogen-bond donors (Lipinski definition) is 2. The fraction of sp³-hybridized carbons (Fsp3) is 0.190. The fourth-order valence-electron chi connectivity index (χ4n) is 3.12. The molecular formula is C21H19FN4O3. The van der Waals surface area contributed by atoms with Crippen molar-refractivity contribution in [2.75, 3.05) is 18.1 Å². The summed E-state index contributed by atoms with van der Waals surface area (Å²) in [4.78, 5) is 33.4. The highest BCUT2D eigenvalue weighted by molar-refractivity contribution is 6.01. The molecule has 0 saturated heterocycles. The number of imidazole rings is 1. The number of halogens is 1. The fourth-order valence-corrected chi connectivity index (χ4v) is 3.12. The van der Waals surface area contributed by atoms with Crippen LogP contribution in [0.3, 0.4) is 0 Å². The van der Waals surface area contributed by atoms with Crippen LogP contribution in [0.4, 0.5) is 10.1 Å². The zero-order valence-corrected chi connectivity index (χ0v) is 15.5. The molecule has 0 aliphatic carbocycles. The molecule has 8 heteroatoms. The van der Waals surface area contributed by atoms with Crippen LogP contribution in [-0.2, 0) is 17.8 Å². The molecule has 2 heterocycles. The summed E-state index contributed by atoms with van der Waals surface area (Å²) in [6.07, 6.45) is 3.93. The van der Waals surface area contributed by atoms with E-state index in [-0.39, 0.29) is 30.8 Å². The number of nitrogens with one attached hydrogen (secondary N) is 2. The Morgan fingerprint density at radius 3 is 2.83 bits per heavy atom. The first-order valence-electron chi connectivity index (χ1n) is 9.17. The second-order valence-corrected chi connectivity index (χ2v) is 6.66. The van der Waals surface area contributed by atoms with Crippen molar-refractivity contribution in [3.05, 3.63) is 77.6 Å². The number of rotatable bonds is 6. The number of carbonyl (C=O) groups is 2. The Morgan fingerprint density at radius 1 is 1.24 bits per heavy atom. The molecule has 148 valence electrons. The minimum Gasteiger partial charge on any atom is -0.482 e. The molecular weight excluding hydrogens is 375 g/mol. The van der Waals surface area contributed by atoms with Gasteiger partial charge in [-0.05, 0) is 35.9 Å². The number of aromatic nitrogens is 2. The van der Waals surface area contributed by atoms with Gasteiger partial charge < -0.3 is 19.9 Å². The van der Waals surface area contributed by atoms with Gasteiger partial charge in [0.1, 0.15) is 11.6 Å². The lowest BCUT2D eigenvalue weighted by molar-refractivity contribution is -0.121. The highest BCUT2D eigenvalue weighted by Crippen LogP contribution is 2.34. The Kier molecular flexibility index (Phi) is 5.24. The predicted molar refractivity (Wildman–Crippen MR) is 104 cm³/mol. The molecule has 0 fully saturated rings. The molecule has 0 atom stereocenters. The number of fused-ring (bicyclic) bond motifs is 1. The molecule has 29 heavy (non-hydrogen) atoms. The lowest BCUT2D eigenvalue weighted by atomic mass is 10.1. The molecule has 1 aliphatic rings. The number of hydrogen-bond acceptors (Lipinski definition) is 4. The minimum absolute atomic E-state index is 0.0794. The van der Waals surface area contributed by atoms with Gasteiger partial charge in [0.05, 0.1) is 18.6 Å². The van der Waals surface area contributed by atoms with E-state index < -0.39 is 0 Å². The third-order valence-electron chi connectivity index (χ3n) is 4.65. The van der Waals surface area contributed by atoms with Crippen molar-refractivity contribution < 1.29 is 18.7 Å². The Balaban J connectivity index is 1.50. The predicted octanol–water partition coefficient (Wildman–Crippen LogP) is 2.45. The van der Waals surface area contributed by atoms with Gasteiger partial charge in [-0.25, -0.2) is 9.37 Å². The number of aromatic amines is 1. The third kappa shape index (κ3) is 4.26. The molecule has 7 nitrogen and oxygen atoms in total. The van der Waals surface area contributed by atoms with Gasteiger partial charge in [-0.3, -0.25) is 9.59 Å². The number of amides is 2. The van der Waals surface area contributed by atoms with Crippen molar-refractivity contribution >= 4 is 17.5 Å². The Bertz CT molecular complexity index is 1020. The van der Waals surface area contributed by atoms with Crippen molar-refractivity contribution in [2.24, 2.45) is 0 Å². The zero-order valence-electron chi connectivity index (χ0n) is 15.5. The third-order valence-corrected chi connectivity index (χ3v) is 4.65. The average molecular weight is 394 g/mol. The number of anilines is 1. The van der Waals surface area contributed by atoms with Crippen LogP contribution >= 0.6 is 0 Å². The first kappa shape index (κ1) is 18.7. The second kappa shape index (κ2) is 8.14. The van der Waals surface area contributed by atoms with Crippen LogP contribution in [0.25, 0.3) is 0 Å². The summed E-state index contributed by atoms with van der Waals surface area (Å²) >= 11 is 0. The standard InChI is InChI=1S/C21H19FN4O3/c22-16-4-1-14(2-5-16)11-26-18-9-15(3-6-19(18)29-12-20(26)27)21(28)24-8-7-17-10-23-13-25-17/h1-6,9-10,13H,7-8,11-12H2,(H,23,25)(H,24,28). The second-order valence-electron chi connectivity index (χ2n) is 6.66. The lowest BCUT2D eigenvalue weighted by Crippen LogP contribution is -2.38. The largest absolute Gasteiger partial charge is 0.482 e. The average Bonchev–Trinajstić information content (AvgIpc) is 3.25. The molecule has 4 rings (SSSR count). The van der Waals surface area contributed by atoms with Crippen molar-refractivity contribution in [3.63, 3.8) is 0 Å². The minimum atomic E-state index is -0.337. The van der Waals surface area contributed by atoms with Gasteiger partial charge >= 0.3 is 0 Å². The molecule has 0 radical (unpaired) electrons. The summed E-state index contributed by atoms with van der Waals surface area (Å²) in [5.41, 5.74) is 2.66. The van der Waals surface area contributed by atoms with E-state index in [0.29, 0.717) is 30.0 Å². The summed E-state index contributed by atoms with van der Waals surface area (Å²) in [5, 5.41) is 2.85. The van der Waals surface area contributed by atoms with Gasteiger partial charge in [-0.2, -0.15) is 0 Å². The van der Waals surface area contributed by atoms with Gasteiger partial charge in [0.25, 0.3) is 11.8 Å². The van der Waals surface area contributed by atoms with Gasteiger partial charge in [-0.1, -0.05) is 12.1 Å². The molecule has 0 unspecified atom stereocenters. The van der Waals surface area contributed by atoms with Crippen LogP contribution in [0.1, 0.15) is 21.6 Å². The number of H-pyrrole nitrogens is 1. The highest BCUT2D eigenvalue weighted by Gasteiger charge is 2.26. The normalized spacial score (nSPS) is 13.0. The van der Waals surface area contributed by atoms with E-state index in [1.54, 1.807) is 47.8 Å². The Morgan fingerprint density at radius 2 is 2.07 bits per heavy atom. The molecule has 2 N–H and O–H groups in total. The molecule has 0 spiro atoms. The topological polar surface area (TPSA) is 87.3 Å². The number of carbonyl (C=O) groups excluding carboxylic acids is 2. The van der Waals surface area contributed by atoms with Crippen LogP contribution in [0.5, 0.6) is 5.75 Å². The van der Waals surface area contributed by atoms with E-state index in [0.717, 1.165) is 11.3 Å². The molecule has 2 aromatic carbocycles. The van der Waals surface area contributed by atoms with Crippen LogP contribution in [0, 0.1) is 5.82 Å². The molecule has 1 aromatic heterocycles. The quantitative estimate of drug-likeness (QED) is 0.672. The molecule has 2 amide bonds. The van der Waals surface area contributed by atoms with Crippen molar-refractivity contribution in [1.29, 1.82) is 0 Å². The maximum atomic E-state index is 13.2. The van der Waals surface area contributed by atoms with Crippen molar-refractivity contribution in [3.8, 4) is 5.75 Å². The van der Waals surface area contributed by atoms with Crippen LogP contribution < -0.4 is 15.0 Å². The van der Waals surface area contributed by atoms with Crippen LogP contribution in [-0.4, -0.2) is 34.9 Å². The van der Waals surface area contributed by atoms with Crippen LogP contribution in [0.2, 0.25) is 0 Å². The lowest BCUT2D eigenvalue weighted by Gasteiger charge is -2.30. The van der Waals surface area contributed by atoms with E-state index >= 15 is 0 Å². The monoisotopic (exact) mass is 394 g/mol.